The maximum Gasteiger partial charge on any atom is 0.259 e. The largest absolute Gasteiger partial charge is 0.497 e. The van der Waals surface area contributed by atoms with Gasteiger partial charge in [0.15, 0.2) is 0 Å². The number of benzene rings is 2. The van der Waals surface area contributed by atoms with Crippen molar-refractivity contribution in [2.75, 3.05) is 12.4 Å². The summed E-state index contributed by atoms with van der Waals surface area (Å²) >= 11 is 0. The number of carbonyl (C=O) groups is 1. The van der Waals surface area contributed by atoms with Crippen molar-refractivity contribution >= 4 is 22.5 Å². The van der Waals surface area contributed by atoms with Crippen molar-refractivity contribution in [3.05, 3.63) is 70.3 Å². The molecule has 2 N–H and O–H groups in total. The molecule has 8 heteroatoms. The van der Waals surface area contributed by atoms with Crippen molar-refractivity contribution in [3.63, 3.8) is 0 Å². The highest BCUT2D eigenvalue weighted by Gasteiger charge is 2.14. The van der Waals surface area contributed by atoms with Crippen LogP contribution in [0, 0.1) is 6.92 Å². The van der Waals surface area contributed by atoms with Gasteiger partial charge in [-0.25, -0.2) is 0 Å². The van der Waals surface area contributed by atoms with Crippen LogP contribution in [0.4, 0.5) is 5.69 Å². The van der Waals surface area contributed by atoms with Gasteiger partial charge in [0.1, 0.15) is 5.75 Å². The molecular weight excluding hydrogens is 396 g/mol. The lowest BCUT2D eigenvalue weighted by atomic mass is 10.1. The van der Waals surface area contributed by atoms with E-state index < -0.39 is 0 Å². The van der Waals surface area contributed by atoms with Crippen LogP contribution in [0.1, 0.15) is 24.3 Å². The SMILES string of the molecule is COc1cccc(NC(=O)CCCc2nc(-c3cc4ccc(C)cc4[nH]c3=O)no2)c1. The second-order valence-electron chi connectivity index (χ2n) is 7.25. The van der Waals surface area contributed by atoms with Gasteiger partial charge in [0.25, 0.3) is 5.56 Å². The lowest BCUT2D eigenvalue weighted by Gasteiger charge is -2.06. The lowest BCUT2D eigenvalue weighted by molar-refractivity contribution is -0.116. The Morgan fingerprint density at radius 3 is 2.90 bits per heavy atom. The van der Waals surface area contributed by atoms with Crippen molar-refractivity contribution in [2.45, 2.75) is 26.2 Å². The van der Waals surface area contributed by atoms with Gasteiger partial charge in [-0.2, -0.15) is 4.98 Å². The number of carbonyl (C=O) groups excluding carboxylic acids is 1. The fourth-order valence-electron chi connectivity index (χ4n) is 3.27. The van der Waals surface area contributed by atoms with Crippen LogP contribution < -0.4 is 15.6 Å². The smallest absolute Gasteiger partial charge is 0.259 e. The number of nitrogens with zero attached hydrogens (tertiary/aromatic N) is 2. The molecule has 0 saturated carbocycles. The molecule has 0 bridgehead atoms. The van der Waals surface area contributed by atoms with E-state index in [1.807, 2.05) is 37.3 Å². The topological polar surface area (TPSA) is 110 Å². The van der Waals surface area contributed by atoms with Crippen LogP contribution in [0.3, 0.4) is 0 Å². The Balaban J connectivity index is 1.37. The van der Waals surface area contributed by atoms with Crippen molar-refractivity contribution in [1.82, 2.24) is 15.1 Å². The van der Waals surface area contributed by atoms with Crippen LogP contribution in [-0.2, 0) is 11.2 Å². The van der Waals surface area contributed by atoms with Crippen LogP contribution >= 0.6 is 0 Å². The lowest BCUT2D eigenvalue weighted by Crippen LogP contribution is -2.11. The third-order valence-corrected chi connectivity index (χ3v) is 4.86. The van der Waals surface area contributed by atoms with E-state index in [0.717, 1.165) is 16.5 Å². The molecule has 158 valence electrons. The van der Waals surface area contributed by atoms with Crippen molar-refractivity contribution < 1.29 is 14.1 Å². The number of nitrogens with one attached hydrogen (secondary N) is 2. The summed E-state index contributed by atoms with van der Waals surface area (Å²) in [4.78, 5) is 31.8. The molecule has 2 heterocycles. The molecule has 0 aliphatic heterocycles. The number of H-pyrrole nitrogens is 1. The van der Waals surface area contributed by atoms with Crippen LogP contribution in [0.5, 0.6) is 5.75 Å². The highest BCUT2D eigenvalue weighted by molar-refractivity contribution is 5.90. The quantitative estimate of drug-likeness (QED) is 0.472. The second-order valence-corrected chi connectivity index (χ2v) is 7.25. The van der Waals surface area contributed by atoms with Crippen molar-refractivity contribution in [3.8, 4) is 17.1 Å². The Labute approximate surface area is 178 Å². The molecule has 31 heavy (non-hydrogen) atoms. The van der Waals surface area contributed by atoms with E-state index >= 15 is 0 Å². The number of hydrogen-bond acceptors (Lipinski definition) is 6. The first-order chi connectivity index (χ1) is 15.0. The van der Waals surface area contributed by atoms with Gasteiger partial charge in [-0.1, -0.05) is 23.4 Å². The molecule has 0 atom stereocenters. The molecule has 8 nitrogen and oxygen atoms in total. The Morgan fingerprint density at radius 1 is 1.19 bits per heavy atom. The standard InChI is InChI=1S/C23H22N4O4/c1-14-9-10-15-12-18(23(29)25-19(15)11-14)22-26-21(31-27-22)8-4-7-20(28)24-16-5-3-6-17(13-16)30-2/h3,5-6,9-13H,4,7-8H2,1-2H3,(H,24,28)(H,25,29). The van der Waals surface area contributed by atoms with Gasteiger partial charge in [-0.15, -0.1) is 0 Å². The number of aromatic nitrogens is 3. The summed E-state index contributed by atoms with van der Waals surface area (Å²) in [7, 11) is 1.58. The number of methoxy groups -OCH3 is 1. The first kappa shape index (κ1) is 20.3. The van der Waals surface area contributed by atoms with Crippen LogP contribution in [0.2, 0.25) is 0 Å². The maximum absolute atomic E-state index is 12.4. The zero-order valence-electron chi connectivity index (χ0n) is 17.3. The van der Waals surface area contributed by atoms with E-state index in [4.69, 9.17) is 9.26 Å². The summed E-state index contributed by atoms with van der Waals surface area (Å²) in [6.07, 6.45) is 1.26. The Bertz CT molecular complexity index is 1290. The maximum atomic E-state index is 12.4. The monoisotopic (exact) mass is 418 g/mol. The van der Waals surface area contributed by atoms with Crippen LogP contribution in [-0.4, -0.2) is 28.1 Å². The molecule has 2 aromatic carbocycles. The zero-order valence-corrected chi connectivity index (χ0v) is 17.3. The van der Waals surface area contributed by atoms with E-state index in [1.165, 1.54) is 0 Å². The molecule has 4 aromatic rings. The van der Waals surface area contributed by atoms with E-state index in [0.29, 0.717) is 42.2 Å². The minimum atomic E-state index is -0.275. The van der Waals surface area contributed by atoms with Crippen LogP contribution in [0.25, 0.3) is 22.3 Å². The normalized spacial score (nSPS) is 10.9. The third kappa shape index (κ3) is 4.80. The minimum absolute atomic E-state index is 0.116. The van der Waals surface area contributed by atoms with Crippen LogP contribution in [0.15, 0.2) is 57.8 Å². The van der Waals surface area contributed by atoms with E-state index in [1.54, 1.807) is 25.3 Å². The van der Waals surface area contributed by atoms with Crippen molar-refractivity contribution in [1.29, 1.82) is 0 Å². The van der Waals surface area contributed by atoms with Gasteiger partial charge < -0.3 is 19.6 Å². The molecule has 0 aliphatic carbocycles. The molecular formula is C23H22N4O4. The van der Waals surface area contributed by atoms with E-state index in [2.05, 4.69) is 20.4 Å². The zero-order chi connectivity index (χ0) is 21.8. The number of hydrogen-bond donors (Lipinski definition) is 2. The summed E-state index contributed by atoms with van der Waals surface area (Å²) in [6, 6.07) is 14.8. The second kappa shape index (κ2) is 8.83. The highest BCUT2D eigenvalue weighted by Crippen LogP contribution is 2.19. The molecule has 2 aromatic heterocycles. The van der Waals surface area contributed by atoms with Gasteiger partial charge in [0.2, 0.25) is 17.6 Å². The molecule has 0 radical (unpaired) electrons. The molecule has 0 spiro atoms. The minimum Gasteiger partial charge on any atom is -0.497 e. The molecule has 1 amide bonds. The Kier molecular flexibility index (Phi) is 5.79. The summed E-state index contributed by atoms with van der Waals surface area (Å²) in [6.45, 7) is 1.97. The number of fused-ring (bicyclic) bond motifs is 1. The number of amides is 1. The van der Waals surface area contributed by atoms with Gasteiger partial charge in [0.05, 0.1) is 12.7 Å². The van der Waals surface area contributed by atoms with Gasteiger partial charge in [-0.3, -0.25) is 9.59 Å². The first-order valence-electron chi connectivity index (χ1n) is 9.92. The number of ether oxygens (including phenoxy) is 1. The van der Waals surface area contributed by atoms with Crippen molar-refractivity contribution in [2.24, 2.45) is 0 Å². The first-order valence-corrected chi connectivity index (χ1v) is 9.92. The number of rotatable bonds is 7. The summed E-state index contributed by atoms with van der Waals surface area (Å²) in [5, 5.41) is 7.66. The molecule has 0 aliphatic rings. The average molecular weight is 418 g/mol. The fraction of sp³-hybridized carbons (Fsp3) is 0.217. The average Bonchev–Trinajstić information content (AvgIpc) is 3.22. The van der Waals surface area contributed by atoms with E-state index in [-0.39, 0.29) is 17.3 Å². The predicted molar refractivity (Wildman–Crippen MR) is 117 cm³/mol. The third-order valence-electron chi connectivity index (χ3n) is 4.86. The molecule has 4 rings (SSSR count). The number of aryl methyl sites for hydroxylation is 2. The molecule has 0 saturated heterocycles. The fourth-order valence-corrected chi connectivity index (χ4v) is 3.27. The highest BCUT2D eigenvalue weighted by atomic mass is 16.5. The van der Waals surface area contributed by atoms with E-state index in [9.17, 15) is 9.59 Å². The number of anilines is 1. The van der Waals surface area contributed by atoms with Gasteiger partial charge in [-0.05, 0) is 48.6 Å². The Morgan fingerprint density at radius 2 is 2.06 bits per heavy atom. The Hall–Kier alpha value is -3.94. The summed E-state index contributed by atoms with van der Waals surface area (Å²) in [5.74, 6) is 1.18. The van der Waals surface area contributed by atoms with Gasteiger partial charge >= 0.3 is 0 Å². The summed E-state index contributed by atoms with van der Waals surface area (Å²) < 4.78 is 10.4. The van der Waals surface area contributed by atoms with Gasteiger partial charge in [0, 0.05) is 30.1 Å². The number of aromatic amines is 1. The predicted octanol–water partition coefficient (Wildman–Crippen LogP) is 3.86. The molecule has 0 fully saturated rings. The molecule has 0 unspecified atom stereocenters. The summed E-state index contributed by atoms with van der Waals surface area (Å²) in [5.41, 5.74) is 2.58. The number of pyridine rings is 1.